The summed E-state index contributed by atoms with van der Waals surface area (Å²) in [5, 5.41) is 0. The molecule has 0 amide bonds. The Morgan fingerprint density at radius 1 is 1.00 bits per heavy atom. The molecule has 2 N–H and O–H groups in total. The first-order valence-corrected chi connectivity index (χ1v) is 6.15. The molecule has 21 heavy (non-hydrogen) atoms. The van der Waals surface area contributed by atoms with Crippen LogP contribution in [0.15, 0.2) is 48.5 Å². The van der Waals surface area contributed by atoms with Crippen molar-refractivity contribution in [2.24, 2.45) is 5.73 Å². The first kappa shape index (κ1) is 15.2. The summed E-state index contributed by atoms with van der Waals surface area (Å²) in [4.78, 5) is 0. The Balaban J connectivity index is 2.31. The van der Waals surface area contributed by atoms with Gasteiger partial charge in [0.2, 0.25) is 0 Å². The van der Waals surface area contributed by atoms with Gasteiger partial charge in [0.1, 0.15) is 11.5 Å². The van der Waals surface area contributed by atoms with Gasteiger partial charge in [-0.25, -0.2) is 0 Å². The quantitative estimate of drug-likeness (QED) is 0.937. The highest BCUT2D eigenvalue weighted by Crippen LogP contribution is 2.32. The molecule has 112 valence electrons. The Bertz CT molecular complexity index is 597. The molecule has 0 saturated heterocycles. The minimum Gasteiger partial charge on any atom is -0.497 e. The van der Waals surface area contributed by atoms with Crippen LogP contribution in [0.5, 0.6) is 11.5 Å². The van der Waals surface area contributed by atoms with Crippen molar-refractivity contribution in [3.8, 4) is 11.5 Å². The molecular weight excluding hydrogens is 283 g/mol. The van der Waals surface area contributed by atoms with E-state index in [4.69, 9.17) is 10.5 Å². The number of halogens is 3. The van der Waals surface area contributed by atoms with E-state index in [1.165, 1.54) is 25.3 Å². The van der Waals surface area contributed by atoms with Crippen molar-refractivity contribution in [3.63, 3.8) is 0 Å². The van der Waals surface area contributed by atoms with Crippen molar-refractivity contribution < 1.29 is 22.6 Å². The molecule has 0 fully saturated rings. The third-order valence-electron chi connectivity index (χ3n) is 2.95. The molecule has 0 spiro atoms. The number of para-hydroxylation sites is 1. The number of methoxy groups -OCH3 is 1. The summed E-state index contributed by atoms with van der Waals surface area (Å²) in [7, 11) is 1.53. The van der Waals surface area contributed by atoms with Gasteiger partial charge in [-0.2, -0.15) is 0 Å². The van der Waals surface area contributed by atoms with E-state index in [0.717, 1.165) is 0 Å². The van der Waals surface area contributed by atoms with Gasteiger partial charge in [0.05, 0.1) is 13.2 Å². The minimum atomic E-state index is -4.75. The summed E-state index contributed by atoms with van der Waals surface area (Å²) in [5.41, 5.74) is 6.96. The molecule has 0 saturated carbocycles. The highest BCUT2D eigenvalue weighted by atomic mass is 19.4. The van der Waals surface area contributed by atoms with Crippen LogP contribution in [-0.2, 0) is 0 Å². The SMILES string of the molecule is COc1ccc(C(N)c2ccccc2OC(F)(F)F)cc1. The Morgan fingerprint density at radius 2 is 1.62 bits per heavy atom. The summed E-state index contributed by atoms with van der Waals surface area (Å²) in [5.74, 6) is 0.346. The summed E-state index contributed by atoms with van der Waals surface area (Å²) in [6, 6.07) is 11.9. The van der Waals surface area contributed by atoms with Crippen molar-refractivity contribution in [2.75, 3.05) is 7.11 Å². The predicted molar refractivity (Wildman–Crippen MR) is 72.1 cm³/mol. The van der Waals surface area contributed by atoms with E-state index in [2.05, 4.69) is 4.74 Å². The molecule has 0 aliphatic carbocycles. The zero-order valence-electron chi connectivity index (χ0n) is 11.2. The average molecular weight is 297 g/mol. The molecule has 1 unspecified atom stereocenters. The van der Waals surface area contributed by atoms with E-state index in [1.54, 1.807) is 30.3 Å². The summed E-state index contributed by atoms with van der Waals surface area (Å²) < 4.78 is 46.3. The molecule has 0 aromatic heterocycles. The summed E-state index contributed by atoms with van der Waals surface area (Å²) >= 11 is 0. The number of benzene rings is 2. The molecule has 2 aromatic carbocycles. The lowest BCUT2D eigenvalue weighted by Crippen LogP contribution is -2.20. The van der Waals surface area contributed by atoms with Crippen LogP contribution in [0.3, 0.4) is 0 Å². The Labute approximate surface area is 120 Å². The van der Waals surface area contributed by atoms with Crippen LogP contribution in [0, 0.1) is 0 Å². The van der Waals surface area contributed by atoms with Gasteiger partial charge < -0.3 is 15.2 Å². The third-order valence-corrected chi connectivity index (χ3v) is 2.95. The van der Waals surface area contributed by atoms with Crippen molar-refractivity contribution in [3.05, 3.63) is 59.7 Å². The molecule has 2 aromatic rings. The summed E-state index contributed by atoms with van der Waals surface area (Å²) in [6.45, 7) is 0. The highest BCUT2D eigenvalue weighted by Gasteiger charge is 2.32. The number of nitrogens with two attached hydrogens (primary N) is 1. The Kier molecular flexibility index (Phi) is 4.37. The molecule has 0 radical (unpaired) electrons. The maximum Gasteiger partial charge on any atom is 0.573 e. The van der Waals surface area contributed by atoms with Gasteiger partial charge in [-0.05, 0) is 23.8 Å². The number of alkyl halides is 3. The van der Waals surface area contributed by atoms with E-state index in [1.807, 2.05) is 0 Å². The molecule has 0 aliphatic rings. The smallest absolute Gasteiger partial charge is 0.497 e. The fourth-order valence-electron chi connectivity index (χ4n) is 1.95. The Morgan fingerprint density at radius 3 is 2.19 bits per heavy atom. The lowest BCUT2D eigenvalue weighted by atomic mass is 9.99. The topological polar surface area (TPSA) is 44.5 Å². The van der Waals surface area contributed by atoms with Gasteiger partial charge in [-0.15, -0.1) is 13.2 Å². The van der Waals surface area contributed by atoms with Gasteiger partial charge in [0.15, 0.2) is 0 Å². The fraction of sp³-hybridized carbons (Fsp3) is 0.200. The van der Waals surface area contributed by atoms with E-state index in [0.29, 0.717) is 11.3 Å². The zero-order chi connectivity index (χ0) is 15.5. The van der Waals surface area contributed by atoms with Crippen molar-refractivity contribution in [1.82, 2.24) is 0 Å². The van der Waals surface area contributed by atoms with E-state index in [-0.39, 0.29) is 11.3 Å². The standard InChI is InChI=1S/C15H14F3NO2/c1-20-11-8-6-10(7-9-11)14(19)12-4-2-3-5-13(12)21-15(16,17)18/h2-9,14H,19H2,1H3. The molecule has 0 bridgehead atoms. The highest BCUT2D eigenvalue weighted by molar-refractivity contribution is 5.42. The maximum atomic E-state index is 12.4. The van der Waals surface area contributed by atoms with Gasteiger partial charge in [-0.1, -0.05) is 30.3 Å². The predicted octanol–water partition coefficient (Wildman–Crippen LogP) is 3.64. The normalized spacial score (nSPS) is 12.8. The van der Waals surface area contributed by atoms with E-state index in [9.17, 15) is 13.2 Å². The van der Waals surface area contributed by atoms with Gasteiger partial charge in [0.25, 0.3) is 0 Å². The number of ether oxygens (including phenoxy) is 2. The minimum absolute atomic E-state index is 0.264. The average Bonchev–Trinajstić information content (AvgIpc) is 2.45. The molecular formula is C15H14F3NO2. The molecule has 0 aliphatic heterocycles. The molecule has 2 rings (SSSR count). The fourth-order valence-corrected chi connectivity index (χ4v) is 1.95. The van der Waals surface area contributed by atoms with Gasteiger partial charge in [0, 0.05) is 5.56 Å². The van der Waals surface area contributed by atoms with Crippen molar-refractivity contribution in [1.29, 1.82) is 0 Å². The monoisotopic (exact) mass is 297 g/mol. The Hall–Kier alpha value is -2.21. The molecule has 6 heteroatoms. The second-order valence-corrected chi connectivity index (χ2v) is 4.34. The van der Waals surface area contributed by atoms with E-state index < -0.39 is 12.4 Å². The van der Waals surface area contributed by atoms with Crippen LogP contribution in [0.4, 0.5) is 13.2 Å². The van der Waals surface area contributed by atoms with Crippen LogP contribution in [-0.4, -0.2) is 13.5 Å². The first-order chi connectivity index (χ1) is 9.90. The van der Waals surface area contributed by atoms with Gasteiger partial charge >= 0.3 is 6.36 Å². The van der Waals surface area contributed by atoms with Crippen LogP contribution in [0.1, 0.15) is 17.2 Å². The molecule has 1 atom stereocenters. The van der Waals surface area contributed by atoms with Gasteiger partial charge in [-0.3, -0.25) is 0 Å². The second kappa shape index (κ2) is 6.05. The first-order valence-electron chi connectivity index (χ1n) is 6.15. The van der Waals surface area contributed by atoms with Crippen LogP contribution >= 0.6 is 0 Å². The number of hydrogen-bond acceptors (Lipinski definition) is 3. The van der Waals surface area contributed by atoms with Crippen LogP contribution < -0.4 is 15.2 Å². The molecule has 3 nitrogen and oxygen atoms in total. The number of hydrogen-bond donors (Lipinski definition) is 1. The van der Waals surface area contributed by atoms with Crippen molar-refractivity contribution in [2.45, 2.75) is 12.4 Å². The lowest BCUT2D eigenvalue weighted by Gasteiger charge is -2.18. The number of rotatable bonds is 4. The maximum absolute atomic E-state index is 12.4. The van der Waals surface area contributed by atoms with Crippen LogP contribution in [0.25, 0.3) is 0 Å². The summed E-state index contributed by atoms with van der Waals surface area (Å²) in [6.07, 6.45) is -4.75. The third kappa shape index (κ3) is 3.88. The lowest BCUT2D eigenvalue weighted by molar-refractivity contribution is -0.274. The molecule has 0 heterocycles. The largest absolute Gasteiger partial charge is 0.573 e. The van der Waals surface area contributed by atoms with E-state index >= 15 is 0 Å². The van der Waals surface area contributed by atoms with Crippen LogP contribution in [0.2, 0.25) is 0 Å². The second-order valence-electron chi connectivity index (χ2n) is 4.34. The zero-order valence-corrected chi connectivity index (χ0v) is 11.2. The van der Waals surface area contributed by atoms with Crippen molar-refractivity contribution >= 4 is 0 Å².